The third-order valence-electron chi connectivity index (χ3n) is 5.94. The molecule has 1 amide bonds. The predicted octanol–water partition coefficient (Wildman–Crippen LogP) is 5.31. The van der Waals surface area contributed by atoms with E-state index in [0.29, 0.717) is 24.4 Å². The third-order valence-corrected chi connectivity index (χ3v) is 6.83. The summed E-state index contributed by atoms with van der Waals surface area (Å²) in [5, 5.41) is 6.59. The van der Waals surface area contributed by atoms with Gasteiger partial charge in [0, 0.05) is 16.9 Å². The maximum absolute atomic E-state index is 12.9. The van der Waals surface area contributed by atoms with Crippen molar-refractivity contribution >= 4 is 28.1 Å². The van der Waals surface area contributed by atoms with Gasteiger partial charge in [-0.1, -0.05) is 51.0 Å². The molecule has 0 radical (unpaired) electrons. The summed E-state index contributed by atoms with van der Waals surface area (Å²) < 4.78 is 2.16. The molecule has 0 bridgehead atoms. The van der Waals surface area contributed by atoms with Crippen LogP contribution >= 0.6 is 11.3 Å². The van der Waals surface area contributed by atoms with Crippen LogP contribution in [0.4, 0.5) is 0 Å². The van der Waals surface area contributed by atoms with Gasteiger partial charge >= 0.3 is 0 Å². The number of hydrogen-bond acceptors (Lipinski definition) is 2. The molecule has 4 rings (SSSR count). The van der Waals surface area contributed by atoms with Crippen LogP contribution in [0.1, 0.15) is 33.1 Å². The SMILES string of the molecule is C[C@@H]1[C@H](C)CCC[C@H]1NC(=O)Cn1c(-c2cccs2)cc2ccccc21. The van der Waals surface area contributed by atoms with Gasteiger partial charge in [-0.2, -0.15) is 0 Å². The Morgan fingerprint density at radius 2 is 2.04 bits per heavy atom. The number of thiophene rings is 1. The van der Waals surface area contributed by atoms with E-state index >= 15 is 0 Å². The van der Waals surface area contributed by atoms with Crippen molar-refractivity contribution in [2.75, 3.05) is 0 Å². The lowest BCUT2D eigenvalue weighted by Gasteiger charge is -2.34. The van der Waals surface area contributed by atoms with Gasteiger partial charge in [0.25, 0.3) is 0 Å². The molecule has 136 valence electrons. The van der Waals surface area contributed by atoms with Crippen molar-refractivity contribution < 1.29 is 4.79 Å². The van der Waals surface area contributed by atoms with Gasteiger partial charge in [0.15, 0.2) is 0 Å². The number of rotatable bonds is 4. The fourth-order valence-corrected chi connectivity index (χ4v) is 4.94. The first-order chi connectivity index (χ1) is 12.6. The lowest BCUT2D eigenvalue weighted by Crippen LogP contribution is -2.44. The van der Waals surface area contributed by atoms with Crippen LogP contribution in [0, 0.1) is 11.8 Å². The molecule has 1 aliphatic carbocycles. The first kappa shape index (κ1) is 17.3. The van der Waals surface area contributed by atoms with E-state index in [1.54, 1.807) is 11.3 Å². The second-order valence-electron chi connectivity index (χ2n) is 7.59. The Balaban J connectivity index is 1.60. The van der Waals surface area contributed by atoms with Crippen LogP contribution in [-0.4, -0.2) is 16.5 Å². The molecule has 26 heavy (non-hydrogen) atoms. The monoisotopic (exact) mass is 366 g/mol. The maximum Gasteiger partial charge on any atom is 0.240 e. The number of benzene rings is 1. The zero-order chi connectivity index (χ0) is 18.1. The molecule has 3 atom stereocenters. The lowest BCUT2D eigenvalue weighted by molar-refractivity contribution is -0.123. The predicted molar refractivity (Wildman–Crippen MR) is 109 cm³/mol. The first-order valence-electron chi connectivity index (χ1n) is 9.55. The summed E-state index contributed by atoms with van der Waals surface area (Å²) in [5.74, 6) is 1.35. The van der Waals surface area contributed by atoms with Crippen LogP contribution in [0.25, 0.3) is 21.5 Å². The number of nitrogens with zero attached hydrogens (tertiary/aromatic N) is 1. The van der Waals surface area contributed by atoms with E-state index in [-0.39, 0.29) is 5.91 Å². The molecule has 3 aromatic rings. The number of para-hydroxylation sites is 1. The highest BCUT2D eigenvalue weighted by molar-refractivity contribution is 7.13. The molecule has 0 spiro atoms. The molecule has 1 saturated carbocycles. The molecule has 4 heteroatoms. The smallest absolute Gasteiger partial charge is 0.240 e. The van der Waals surface area contributed by atoms with Crippen molar-refractivity contribution in [3.8, 4) is 10.6 Å². The summed E-state index contributed by atoms with van der Waals surface area (Å²) in [5.41, 5.74) is 2.25. The Bertz CT molecular complexity index is 896. The number of fused-ring (bicyclic) bond motifs is 1. The van der Waals surface area contributed by atoms with Crippen molar-refractivity contribution in [3.05, 3.63) is 47.8 Å². The summed E-state index contributed by atoms with van der Waals surface area (Å²) in [4.78, 5) is 14.1. The van der Waals surface area contributed by atoms with Crippen molar-refractivity contribution in [3.63, 3.8) is 0 Å². The molecular formula is C22H26N2OS. The van der Waals surface area contributed by atoms with Gasteiger partial charge in [-0.25, -0.2) is 0 Å². The topological polar surface area (TPSA) is 34.0 Å². The quantitative estimate of drug-likeness (QED) is 0.667. The van der Waals surface area contributed by atoms with Gasteiger partial charge in [0.1, 0.15) is 6.54 Å². The Kier molecular flexibility index (Phi) is 4.86. The molecule has 3 nitrogen and oxygen atoms in total. The third kappa shape index (κ3) is 3.30. The van der Waals surface area contributed by atoms with Gasteiger partial charge in [-0.05, 0) is 41.8 Å². The van der Waals surface area contributed by atoms with Gasteiger partial charge < -0.3 is 9.88 Å². The Morgan fingerprint density at radius 3 is 2.85 bits per heavy atom. The number of nitrogens with one attached hydrogen (secondary N) is 1. The van der Waals surface area contributed by atoms with Crippen molar-refractivity contribution in [2.45, 2.75) is 45.7 Å². The zero-order valence-corrected chi connectivity index (χ0v) is 16.3. The van der Waals surface area contributed by atoms with Gasteiger partial charge in [-0.3, -0.25) is 4.79 Å². The molecule has 0 saturated heterocycles. The maximum atomic E-state index is 12.9. The molecule has 1 aromatic carbocycles. The van der Waals surface area contributed by atoms with Crippen LogP contribution in [0.3, 0.4) is 0 Å². The van der Waals surface area contributed by atoms with Gasteiger partial charge in [0.05, 0.1) is 10.6 Å². The fourth-order valence-electron chi connectivity index (χ4n) is 4.19. The molecule has 2 heterocycles. The number of amides is 1. The molecule has 2 aromatic heterocycles. The number of aromatic nitrogens is 1. The summed E-state index contributed by atoms with van der Waals surface area (Å²) in [7, 11) is 0. The number of hydrogen-bond donors (Lipinski definition) is 1. The van der Waals surface area contributed by atoms with E-state index in [4.69, 9.17) is 0 Å². The van der Waals surface area contributed by atoms with Crippen LogP contribution in [0.2, 0.25) is 0 Å². The minimum absolute atomic E-state index is 0.120. The van der Waals surface area contributed by atoms with Gasteiger partial charge in [0.2, 0.25) is 5.91 Å². The summed E-state index contributed by atoms with van der Waals surface area (Å²) in [6.45, 7) is 4.95. The molecule has 1 N–H and O–H groups in total. The van der Waals surface area contributed by atoms with E-state index in [0.717, 1.165) is 17.6 Å². The van der Waals surface area contributed by atoms with Gasteiger partial charge in [-0.15, -0.1) is 11.3 Å². The average molecular weight is 367 g/mol. The summed E-state index contributed by atoms with van der Waals surface area (Å²) >= 11 is 1.72. The van der Waals surface area contributed by atoms with Crippen molar-refractivity contribution in [2.24, 2.45) is 11.8 Å². The highest BCUT2D eigenvalue weighted by atomic mass is 32.1. The van der Waals surface area contributed by atoms with E-state index < -0.39 is 0 Å². The average Bonchev–Trinajstić information content (AvgIpc) is 3.27. The summed E-state index contributed by atoms with van der Waals surface area (Å²) in [6, 6.07) is 15.0. The Labute approximate surface area is 159 Å². The normalized spacial score (nSPS) is 23.2. The largest absolute Gasteiger partial charge is 0.352 e. The number of carbonyl (C=O) groups excluding carboxylic acids is 1. The second kappa shape index (κ2) is 7.28. The second-order valence-corrected chi connectivity index (χ2v) is 8.54. The van der Waals surface area contributed by atoms with E-state index in [1.807, 2.05) is 6.07 Å². The molecule has 1 fully saturated rings. The molecule has 0 unspecified atom stereocenters. The van der Waals surface area contributed by atoms with Crippen molar-refractivity contribution in [1.29, 1.82) is 0 Å². The van der Waals surface area contributed by atoms with E-state index in [1.165, 1.54) is 23.1 Å². The van der Waals surface area contributed by atoms with Crippen LogP contribution in [0.15, 0.2) is 47.8 Å². The zero-order valence-electron chi connectivity index (χ0n) is 15.4. The van der Waals surface area contributed by atoms with Crippen LogP contribution < -0.4 is 5.32 Å². The highest BCUT2D eigenvalue weighted by Gasteiger charge is 2.28. The summed E-state index contributed by atoms with van der Waals surface area (Å²) in [6.07, 6.45) is 3.59. The number of carbonyl (C=O) groups is 1. The Hall–Kier alpha value is -2.07. The van der Waals surface area contributed by atoms with E-state index in [2.05, 4.69) is 65.5 Å². The molecular weight excluding hydrogens is 340 g/mol. The van der Waals surface area contributed by atoms with Crippen LogP contribution in [0.5, 0.6) is 0 Å². The Morgan fingerprint density at radius 1 is 1.19 bits per heavy atom. The lowest BCUT2D eigenvalue weighted by atomic mass is 9.78. The minimum atomic E-state index is 0.120. The van der Waals surface area contributed by atoms with Crippen LogP contribution in [-0.2, 0) is 11.3 Å². The van der Waals surface area contributed by atoms with E-state index in [9.17, 15) is 4.79 Å². The fraction of sp³-hybridized carbons (Fsp3) is 0.409. The molecule has 1 aliphatic rings. The van der Waals surface area contributed by atoms with Crippen molar-refractivity contribution in [1.82, 2.24) is 9.88 Å². The molecule has 0 aliphatic heterocycles. The highest BCUT2D eigenvalue weighted by Crippen LogP contribution is 2.32. The standard InChI is InChI=1S/C22H26N2OS/c1-15-7-5-9-18(16(15)2)23-22(25)14-24-19-10-4-3-8-17(19)13-20(24)21-11-6-12-26-21/h3-4,6,8,10-13,15-16,18H,5,7,9,14H2,1-2H3,(H,23,25)/t15-,16-,18-/m1/s1. The minimum Gasteiger partial charge on any atom is -0.352 e. The first-order valence-corrected chi connectivity index (χ1v) is 10.4.